The fraction of sp³-hybridized carbons (Fsp3) is 0.292. The lowest BCUT2D eigenvalue weighted by atomic mass is 9.92. The van der Waals surface area contributed by atoms with Crippen LogP contribution in [0.4, 0.5) is 0 Å². The summed E-state index contributed by atoms with van der Waals surface area (Å²) in [6.07, 6.45) is 7.88. The molecule has 2 unspecified atom stereocenters. The first-order valence-corrected chi connectivity index (χ1v) is 10.7. The van der Waals surface area contributed by atoms with E-state index in [4.69, 9.17) is 16.3 Å². The SMILES string of the molecule is O=C(NC1CCCCC1O)c1cnc(OCc2ccncc2)c(-c2ccc(Cl)cc2)c1. The van der Waals surface area contributed by atoms with Crippen molar-refractivity contribution in [2.45, 2.75) is 44.4 Å². The van der Waals surface area contributed by atoms with Gasteiger partial charge in [0.25, 0.3) is 5.91 Å². The van der Waals surface area contributed by atoms with Gasteiger partial charge in [-0.2, -0.15) is 0 Å². The number of benzene rings is 1. The number of carbonyl (C=O) groups excluding carboxylic acids is 1. The molecule has 160 valence electrons. The average Bonchev–Trinajstić information content (AvgIpc) is 2.80. The Morgan fingerprint density at radius 1 is 1.13 bits per heavy atom. The van der Waals surface area contributed by atoms with Crippen LogP contribution >= 0.6 is 11.6 Å². The Balaban J connectivity index is 1.59. The van der Waals surface area contributed by atoms with E-state index in [9.17, 15) is 9.90 Å². The zero-order chi connectivity index (χ0) is 21.6. The Morgan fingerprint density at radius 3 is 2.61 bits per heavy atom. The summed E-state index contributed by atoms with van der Waals surface area (Å²) in [6, 6.07) is 12.6. The van der Waals surface area contributed by atoms with E-state index in [2.05, 4.69) is 15.3 Å². The van der Waals surface area contributed by atoms with Crippen molar-refractivity contribution in [1.82, 2.24) is 15.3 Å². The topological polar surface area (TPSA) is 84.3 Å². The van der Waals surface area contributed by atoms with E-state index in [-0.39, 0.29) is 11.9 Å². The van der Waals surface area contributed by atoms with Crippen molar-refractivity contribution in [3.8, 4) is 17.0 Å². The van der Waals surface area contributed by atoms with Crippen LogP contribution in [-0.4, -0.2) is 33.1 Å². The maximum Gasteiger partial charge on any atom is 0.253 e. The van der Waals surface area contributed by atoms with Crippen molar-refractivity contribution in [2.75, 3.05) is 0 Å². The lowest BCUT2D eigenvalue weighted by Gasteiger charge is -2.28. The number of halogens is 1. The quantitative estimate of drug-likeness (QED) is 0.596. The Hall–Kier alpha value is -2.96. The molecule has 2 heterocycles. The first kappa shape index (κ1) is 21.3. The van der Waals surface area contributed by atoms with Crippen molar-refractivity contribution in [1.29, 1.82) is 0 Å². The van der Waals surface area contributed by atoms with E-state index in [1.165, 1.54) is 6.20 Å². The molecular weight excluding hydrogens is 414 g/mol. The second-order valence-electron chi connectivity index (χ2n) is 7.66. The van der Waals surface area contributed by atoms with Gasteiger partial charge in [0.1, 0.15) is 6.61 Å². The highest BCUT2D eigenvalue weighted by Crippen LogP contribution is 2.31. The maximum absolute atomic E-state index is 12.9. The number of nitrogens with one attached hydrogen (secondary N) is 1. The van der Waals surface area contributed by atoms with Crippen molar-refractivity contribution in [2.24, 2.45) is 0 Å². The molecule has 1 fully saturated rings. The van der Waals surface area contributed by atoms with E-state index < -0.39 is 6.10 Å². The Morgan fingerprint density at radius 2 is 1.87 bits per heavy atom. The monoisotopic (exact) mass is 437 g/mol. The summed E-state index contributed by atoms with van der Waals surface area (Å²) in [5, 5.41) is 13.8. The molecule has 31 heavy (non-hydrogen) atoms. The number of aliphatic hydroxyl groups excluding tert-OH is 1. The molecular formula is C24H24ClN3O3. The van der Waals surface area contributed by atoms with Crippen molar-refractivity contribution in [3.05, 3.63) is 77.2 Å². The van der Waals surface area contributed by atoms with Gasteiger partial charge < -0.3 is 15.2 Å². The number of amides is 1. The van der Waals surface area contributed by atoms with Crippen LogP contribution in [0.5, 0.6) is 5.88 Å². The number of carbonyl (C=O) groups is 1. The van der Waals surface area contributed by atoms with Crippen LogP contribution < -0.4 is 10.1 Å². The summed E-state index contributed by atoms with van der Waals surface area (Å²) in [5.41, 5.74) is 2.92. The highest BCUT2D eigenvalue weighted by atomic mass is 35.5. The normalized spacial score (nSPS) is 18.4. The number of pyridine rings is 2. The van der Waals surface area contributed by atoms with Gasteiger partial charge in [-0.1, -0.05) is 36.6 Å². The minimum Gasteiger partial charge on any atom is -0.472 e. The lowest BCUT2D eigenvalue weighted by molar-refractivity contribution is 0.0717. The number of ether oxygens (including phenoxy) is 1. The molecule has 1 aliphatic carbocycles. The summed E-state index contributed by atoms with van der Waals surface area (Å²) in [7, 11) is 0. The van der Waals surface area contributed by atoms with Crippen LogP contribution in [0.1, 0.15) is 41.6 Å². The smallest absolute Gasteiger partial charge is 0.253 e. The first-order chi connectivity index (χ1) is 15.1. The molecule has 1 amide bonds. The molecule has 7 heteroatoms. The van der Waals surface area contributed by atoms with E-state index >= 15 is 0 Å². The van der Waals surface area contributed by atoms with E-state index in [0.717, 1.165) is 30.4 Å². The first-order valence-electron chi connectivity index (χ1n) is 10.4. The van der Waals surface area contributed by atoms with Crippen LogP contribution in [-0.2, 0) is 6.61 Å². The average molecular weight is 438 g/mol. The molecule has 2 N–H and O–H groups in total. The fourth-order valence-electron chi connectivity index (χ4n) is 3.69. The van der Waals surface area contributed by atoms with Crippen LogP contribution in [0.3, 0.4) is 0 Å². The van der Waals surface area contributed by atoms with Gasteiger partial charge in [0.2, 0.25) is 5.88 Å². The van der Waals surface area contributed by atoms with Crippen LogP contribution in [0.15, 0.2) is 61.1 Å². The van der Waals surface area contributed by atoms with Gasteiger partial charge in [0.15, 0.2) is 0 Å². The molecule has 1 aromatic carbocycles. The Bertz CT molecular complexity index is 1030. The predicted molar refractivity (Wildman–Crippen MR) is 119 cm³/mol. The Kier molecular flexibility index (Phi) is 6.79. The Labute approximate surface area is 186 Å². The van der Waals surface area contributed by atoms with Gasteiger partial charge in [-0.15, -0.1) is 0 Å². The van der Waals surface area contributed by atoms with Crippen molar-refractivity contribution in [3.63, 3.8) is 0 Å². The number of rotatable bonds is 6. The molecule has 2 aromatic heterocycles. The number of nitrogens with zero attached hydrogens (tertiary/aromatic N) is 2. The number of aromatic nitrogens is 2. The lowest BCUT2D eigenvalue weighted by Crippen LogP contribution is -2.45. The van der Waals surface area contributed by atoms with Crippen LogP contribution in [0.25, 0.3) is 11.1 Å². The summed E-state index contributed by atoms with van der Waals surface area (Å²) in [6.45, 7) is 0.329. The molecule has 0 spiro atoms. The predicted octanol–water partition coefficient (Wildman–Crippen LogP) is 4.41. The minimum absolute atomic E-state index is 0.233. The van der Waals surface area contributed by atoms with Gasteiger partial charge in [-0.25, -0.2) is 4.98 Å². The molecule has 0 aliphatic heterocycles. The standard InChI is InChI=1S/C24H24ClN3O3/c25-19-7-5-17(6-8-19)20-13-18(23(30)28-21-3-1-2-4-22(21)29)14-27-24(20)31-15-16-9-11-26-12-10-16/h5-14,21-22,29H,1-4,15H2,(H,28,30). The maximum atomic E-state index is 12.9. The molecule has 0 radical (unpaired) electrons. The van der Waals surface area contributed by atoms with Crippen molar-refractivity contribution >= 4 is 17.5 Å². The molecule has 0 bridgehead atoms. The number of hydrogen-bond acceptors (Lipinski definition) is 5. The van der Waals surface area contributed by atoms with E-state index in [1.54, 1.807) is 30.6 Å². The summed E-state index contributed by atoms with van der Waals surface area (Å²) < 4.78 is 5.97. The van der Waals surface area contributed by atoms with Crippen LogP contribution in [0, 0.1) is 0 Å². The molecule has 6 nitrogen and oxygen atoms in total. The number of hydrogen-bond donors (Lipinski definition) is 2. The largest absolute Gasteiger partial charge is 0.472 e. The highest BCUT2D eigenvalue weighted by molar-refractivity contribution is 6.30. The van der Waals surface area contributed by atoms with Gasteiger partial charge in [-0.3, -0.25) is 9.78 Å². The third-order valence-corrected chi connectivity index (χ3v) is 5.69. The summed E-state index contributed by atoms with van der Waals surface area (Å²) >= 11 is 6.04. The molecule has 0 saturated heterocycles. The number of aliphatic hydroxyl groups is 1. The zero-order valence-electron chi connectivity index (χ0n) is 17.0. The third kappa shape index (κ3) is 5.40. The van der Waals surface area contributed by atoms with E-state index in [1.807, 2.05) is 24.3 Å². The van der Waals surface area contributed by atoms with E-state index in [0.29, 0.717) is 35.1 Å². The molecule has 4 rings (SSSR count). The van der Waals surface area contributed by atoms with Crippen LogP contribution in [0.2, 0.25) is 5.02 Å². The molecule has 2 atom stereocenters. The zero-order valence-corrected chi connectivity index (χ0v) is 17.8. The second-order valence-corrected chi connectivity index (χ2v) is 8.10. The highest BCUT2D eigenvalue weighted by Gasteiger charge is 2.25. The van der Waals surface area contributed by atoms with Gasteiger partial charge >= 0.3 is 0 Å². The fourth-order valence-corrected chi connectivity index (χ4v) is 3.82. The van der Waals surface area contributed by atoms with Gasteiger partial charge in [0.05, 0.1) is 17.7 Å². The minimum atomic E-state index is -0.510. The molecule has 1 aliphatic rings. The van der Waals surface area contributed by atoms with Gasteiger partial charge in [0, 0.05) is 29.2 Å². The van der Waals surface area contributed by atoms with Gasteiger partial charge in [-0.05, 0) is 54.3 Å². The molecule has 3 aromatic rings. The summed E-state index contributed by atoms with van der Waals surface area (Å²) in [4.78, 5) is 21.3. The second kappa shape index (κ2) is 9.90. The summed E-state index contributed by atoms with van der Waals surface area (Å²) in [5.74, 6) is 0.169. The third-order valence-electron chi connectivity index (χ3n) is 5.44. The molecule has 1 saturated carbocycles. The van der Waals surface area contributed by atoms with Crippen molar-refractivity contribution < 1.29 is 14.6 Å².